The number of pyridine rings is 1. The third kappa shape index (κ3) is 4.99. The molecule has 0 atom stereocenters. The molecule has 3 nitrogen and oxygen atoms in total. The van der Waals surface area contributed by atoms with Crippen LogP contribution in [0, 0.1) is 12.3 Å². The van der Waals surface area contributed by atoms with E-state index in [1.165, 1.54) is 0 Å². The topological polar surface area (TPSA) is 42.0 Å². The molecule has 0 fully saturated rings. The third-order valence-corrected chi connectivity index (χ3v) is 3.25. The van der Waals surface area contributed by atoms with E-state index in [2.05, 4.69) is 16.2 Å². The first-order valence-electron chi connectivity index (χ1n) is 5.63. The summed E-state index contributed by atoms with van der Waals surface area (Å²) >= 11 is 7.47. The first-order chi connectivity index (χ1) is 8.67. The molecule has 1 heterocycles. The standard InChI is InChI=1S/C13H15ClN2OS/c1-3-6-18-7-5-15-13(17)10-8-11(4-2)16-12(14)9-10/h1,8-9H,4-7H2,2H3,(H,15,17). The van der Waals surface area contributed by atoms with E-state index in [9.17, 15) is 4.79 Å². The van der Waals surface area contributed by atoms with Crippen molar-refractivity contribution in [2.45, 2.75) is 13.3 Å². The lowest BCUT2D eigenvalue weighted by atomic mass is 10.2. The molecular weight excluding hydrogens is 268 g/mol. The summed E-state index contributed by atoms with van der Waals surface area (Å²) in [5.74, 6) is 3.87. The number of carbonyl (C=O) groups is 1. The highest BCUT2D eigenvalue weighted by Crippen LogP contribution is 2.11. The zero-order valence-electron chi connectivity index (χ0n) is 10.2. The molecule has 0 unspecified atom stereocenters. The van der Waals surface area contributed by atoms with E-state index in [4.69, 9.17) is 18.0 Å². The Bertz CT molecular complexity index is 457. The summed E-state index contributed by atoms with van der Waals surface area (Å²) in [4.78, 5) is 16.0. The van der Waals surface area contributed by atoms with Crippen LogP contribution >= 0.6 is 23.4 Å². The van der Waals surface area contributed by atoms with E-state index in [1.807, 2.05) is 6.92 Å². The molecule has 1 amide bonds. The summed E-state index contributed by atoms with van der Waals surface area (Å²) in [6.07, 6.45) is 5.88. The molecule has 96 valence electrons. The Hall–Kier alpha value is -1.18. The van der Waals surface area contributed by atoms with E-state index in [0.717, 1.165) is 17.9 Å². The van der Waals surface area contributed by atoms with Gasteiger partial charge in [-0.15, -0.1) is 18.2 Å². The summed E-state index contributed by atoms with van der Waals surface area (Å²) in [7, 11) is 0. The highest BCUT2D eigenvalue weighted by atomic mass is 35.5. The number of thioether (sulfide) groups is 1. The summed E-state index contributed by atoms with van der Waals surface area (Å²) in [6, 6.07) is 3.33. The molecule has 0 aliphatic rings. The van der Waals surface area contributed by atoms with Gasteiger partial charge in [0.15, 0.2) is 0 Å². The normalized spacial score (nSPS) is 9.83. The highest BCUT2D eigenvalue weighted by Gasteiger charge is 2.08. The van der Waals surface area contributed by atoms with Crippen LogP contribution in [0.15, 0.2) is 12.1 Å². The zero-order chi connectivity index (χ0) is 13.4. The number of hydrogen-bond acceptors (Lipinski definition) is 3. The molecule has 18 heavy (non-hydrogen) atoms. The summed E-state index contributed by atoms with van der Waals surface area (Å²) < 4.78 is 0. The average molecular weight is 283 g/mol. The van der Waals surface area contributed by atoms with Crippen LogP contribution in [0.2, 0.25) is 5.15 Å². The van der Waals surface area contributed by atoms with Crippen LogP contribution in [0.4, 0.5) is 0 Å². The number of carbonyl (C=O) groups excluding carboxylic acids is 1. The van der Waals surface area contributed by atoms with Gasteiger partial charge < -0.3 is 5.32 Å². The van der Waals surface area contributed by atoms with Crippen LogP contribution in [-0.2, 0) is 6.42 Å². The quantitative estimate of drug-likeness (QED) is 0.495. The van der Waals surface area contributed by atoms with Crippen LogP contribution in [0.3, 0.4) is 0 Å². The van der Waals surface area contributed by atoms with Gasteiger partial charge in [0.05, 0.1) is 5.75 Å². The van der Waals surface area contributed by atoms with Crippen LogP contribution in [0.1, 0.15) is 23.0 Å². The molecular formula is C13H15ClN2OS. The van der Waals surface area contributed by atoms with Gasteiger partial charge in [0.1, 0.15) is 5.15 Å². The van der Waals surface area contributed by atoms with Crippen molar-refractivity contribution in [2.75, 3.05) is 18.1 Å². The van der Waals surface area contributed by atoms with Crippen molar-refractivity contribution in [3.05, 3.63) is 28.5 Å². The number of hydrogen-bond donors (Lipinski definition) is 1. The van der Waals surface area contributed by atoms with Gasteiger partial charge in [-0.3, -0.25) is 4.79 Å². The molecule has 0 spiro atoms. The average Bonchev–Trinajstić information content (AvgIpc) is 2.37. The number of rotatable bonds is 6. The molecule has 0 saturated heterocycles. The number of nitrogens with zero attached hydrogens (tertiary/aromatic N) is 1. The van der Waals surface area contributed by atoms with Crippen LogP contribution in [0.25, 0.3) is 0 Å². The van der Waals surface area contributed by atoms with Crippen LogP contribution in [0.5, 0.6) is 0 Å². The molecule has 0 aliphatic carbocycles. The number of terminal acetylenes is 1. The molecule has 0 aromatic carbocycles. The van der Waals surface area contributed by atoms with Crippen molar-refractivity contribution in [2.24, 2.45) is 0 Å². The Morgan fingerprint density at radius 2 is 2.39 bits per heavy atom. The summed E-state index contributed by atoms with van der Waals surface area (Å²) in [5.41, 5.74) is 1.36. The fraction of sp³-hybridized carbons (Fsp3) is 0.385. The second kappa shape index (κ2) is 8.02. The lowest BCUT2D eigenvalue weighted by Crippen LogP contribution is -2.26. The number of amides is 1. The highest BCUT2D eigenvalue weighted by molar-refractivity contribution is 7.99. The van der Waals surface area contributed by atoms with Gasteiger partial charge in [0, 0.05) is 23.6 Å². The van der Waals surface area contributed by atoms with E-state index in [1.54, 1.807) is 23.9 Å². The summed E-state index contributed by atoms with van der Waals surface area (Å²) in [6.45, 7) is 2.56. The maximum Gasteiger partial charge on any atom is 0.251 e. The van der Waals surface area contributed by atoms with Crippen LogP contribution in [-0.4, -0.2) is 28.9 Å². The molecule has 1 rings (SSSR count). The van der Waals surface area contributed by atoms with Crippen molar-refractivity contribution in [3.63, 3.8) is 0 Å². The van der Waals surface area contributed by atoms with Gasteiger partial charge in [-0.1, -0.05) is 24.4 Å². The molecule has 1 aromatic heterocycles. The number of halogens is 1. The minimum absolute atomic E-state index is 0.129. The van der Waals surface area contributed by atoms with Gasteiger partial charge in [-0.2, -0.15) is 0 Å². The minimum atomic E-state index is -0.129. The Morgan fingerprint density at radius 3 is 3.06 bits per heavy atom. The fourth-order valence-corrected chi connectivity index (χ4v) is 2.07. The number of aromatic nitrogens is 1. The van der Waals surface area contributed by atoms with E-state index >= 15 is 0 Å². The molecule has 5 heteroatoms. The molecule has 0 aliphatic heterocycles. The van der Waals surface area contributed by atoms with E-state index < -0.39 is 0 Å². The predicted octanol–water partition coefficient (Wildman–Crippen LogP) is 2.39. The number of aryl methyl sites for hydroxylation is 1. The second-order valence-electron chi connectivity index (χ2n) is 3.54. The van der Waals surface area contributed by atoms with Crippen molar-refractivity contribution >= 4 is 29.3 Å². The van der Waals surface area contributed by atoms with Crippen molar-refractivity contribution < 1.29 is 4.79 Å². The van der Waals surface area contributed by atoms with Gasteiger partial charge in [0.25, 0.3) is 5.91 Å². The maximum absolute atomic E-state index is 11.9. The van der Waals surface area contributed by atoms with Gasteiger partial charge in [0.2, 0.25) is 0 Å². The molecule has 1 aromatic rings. The fourth-order valence-electron chi connectivity index (χ4n) is 1.33. The predicted molar refractivity (Wildman–Crippen MR) is 77.1 cm³/mol. The lowest BCUT2D eigenvalue weighted by Gasteiger charge is -2.06. The van der Waals surface area contributed by atoms with Crippen molar-refractivity contribution in [1.29, 1.82) is 0 Å². The minimum Gasteiger partial charge on any atom is -0.351 e. The third-order valence-electron chi connectivity index (χ3n) is 2.19. The zero-order valence-corrected chi connectivity index (χ0v) is 11.8. The molecule has 0 radical (unpaired) electrons. The molecule has 0 saturated carbocycles. The van der Waals surface area contributed by atoms with Crippen molar-refractivity contribution in [3.8, 4) is 12.3 Å². The van der Waals surface area contributed by atoms with E-state index in [0.29, 0.717) is 23.0 Å². The number of nitrogens with one attached hydrogen (secondary N) is 1. The molecule has 1 N–H and O–H groups in total. The lowest BCUT2D eigenvalue weighted by molar-refractivity contribution is 0.0956. The van der Waals surface area contributed by atoms with Gasteiger partial charge in [-0.25, -0.2) is 4.98 Å². The smallest absolute Gasteiger partial charge is 0.251 e. The molecule has 0 bridgehead atoms. The van der Waals surface area contributed by atoms with Crippen LogP contribution < -0.4 is 5.32 Å². The Kier molecular flexibility index (Phi) is 6.63. The first kappa shape index (κ1) is 14.9. The first-order valence-corrected chi connectivity index (χ1v) is 7.16. The second-order valence-corrected chi connectivity index (χ2v) is 5.03. The Labute approximate surface area is 117 Å². The Balaban J connectivity index is 2.51. The SMILES string of the molecule is C#CCSCCNC(=O)c1cc(Cl)nc(CC)c1. The monoisotopic (exact) mass is 282 g/mol. The largest absolute Gasteiger partial charge is 0.351 e. The Morgan fingerprint density at radius 1 is 1.61 bits per heavy atom. The van der Waals surface area contributed by atoms with Crippen molar-refractivity contribution in [1.82, 2.24) is 10.3 Å². The van der Waals surface area contributed by atoms with E-state index in [-0.39, 0.29) is 5.91 Å². The van der Waals surface area contributed by atoms with Gasteiger partial charge in [-0.05, 0) is 18.6 Å². The van der Waals surface area contributed by atoms with Gasteiger partial charge >= 0.3 is 0 Å². The summed E-state index contributed by atoms with van der Waals surface area (Å²) in [5, 5.41) is 3.17. The maximum atomic E-state index is 11.9.